The summed E-state index contributed by atoms with van der Waals surface area (Å²) >= 11 is 0. The summed E-state index contributed by atoms with van der Waals surface area (Å²) in [4.78, 5) is 21.5. The molecule has 1 aromatic carbocycles. The molecule has 0 atom stereocenters. The fourth-order valence-corrected chi connectivity index (χ4v) is 4.77. The molecule has 0 unspecified atom stereocenters. The first-order valence-electron chi connectivity index (χ1n) is 11.4. The molecular weight excluding hydrogens is 402 g/mol. The maximum absolute atomic E-state index is 12.7. The van der Waals surface area contributed by atoms with Gasteiger partial charge in [-0.1, -0.05) is 12.8 Å². The number of carbonyl (C=O) groups is 1. The van der Waals surface area contributed by atoms with Gasteiger partial charge in [0.15, 0.2) is 12.1 Å². The molecule has 1 N–H and O–H groups in total. The molecule has 2 aliphatic rings. The van der Waals surface area contributed by atoms with Gasteiger partial charge in [0, 0.05) is 22.8 Å². The van der Waals surface area contributed by atoms with Crippen molar-refractivity contribution < 1.29 is 9.21 Å². The zero-order valence-corrected chi connectivity index (χ0v) is 18.0. The zero-order chi connectivity index (χ0) is 21.7. The summed E-state index contributed by atoms with van der Waals surface area (Å²) in [5.74, 6) is 0.209. The monoisotopic (exact) mass is 427 g/mol. The number of anilines is 1. The van der Waals surface area contributed by atoms with Crippen LogP contribution in [0.25, 0.3) is 22.2 Å². The first-order chi connectivity index (χ1) is 15.7. The van der Waals surface area contributed by atoms with E-state index in [0.29, 0.717) is 17.6 Å². The number of aryl methyl sites for hydroxylation is 1. The summed E-state index contributed by atoms with van der Waals surface area (Å²) < 4.78 is 7.12. The Morgan fingerprint density at radius 1 is 1.16 bits per heavy atom. The number of nitrogens with zero attached hydrogens (tertiary/aromatic N) is 4. The molecule has 3 heterocycles. The molecule has 0 aliphatic heterocycles. The third-order valence-corrected chi connectivity index (χ3v) is 6.61. The fourth-order valence-electron chi connectivity index (χ4n) is 4.77. The second-order valence-corrected chi connectivity index (χ2v) is 9.00. The second kappa shape index (κ2) is 7.58. The van der Waals surface area contributed by atoms with Crippen molar-refractivity contribution in [1.82, 2.24) is 19.7 Å². The Kier molecular flexibility index (Phi) is 4.56. The largest absolute Gasteiger partial charge is 0.451 e. The van der Waals surface area contributed by atoms with E-state index in [9.17, 15) is 4.79 Å². The molecule has 0 bridgehead atoms. The number of rotatable bonds is 5. The van der Waals surface area contributed by atoms with E-state index in [-0.39, 0.29) is 11.6 Å². The van der Waals surface area contributed by atoms with Crippen molar-refractivity contribution in [3.8, 4) is 11.3 Å². The van der Waals surface area contributed by atoms with E-state index in [4.69, 9.17) is 14.5 Å². The highest BCUT2D eigenvalue weighted by Crippen LogP contribution is 2.46. The Labute approximate surface area is 185 Å². The molecule has 2 fully saturated rings. The number of pyridine rings is 1. The molecule has 2 aliphatic carbocycles. The summed E-state index contributed by atoms with van der Waals surface area (Å²) in [6.07, 6.45) is 12.1. The van der Waals surface area contributed by atoms with Gasteiger partial charge in [0.2, 0.25) is 0 Å². The van der Waals surface area contributed by atoms with Gasteiger partial charge in [0.25, 0.3) is 5.91 Å². The molecule has 0 radical (unpaired) electrons. The van der Waals surface area contributed by atoms with Crippen molar-refractivity contribution in [3.05, 3.63) is 60.1 Å². The van der Waals surface area contributed by atoms with E-state index in [2.05, 4.69) is 33.3 Å². The normalized spacial score (nSPS) is 16.7. The summed E-state index contributed by atoms with van der Waals surface area (Å²) in [6, 6.07) is 8.77. The number of hydrogen-bond donors (Lipinski definition) is 1. The van der Waals surface area contributed by atoms with Gasteiger partial charge in [-0.15, -0.1) is 0 Å². The van der Waals surface area contributed by atoms with Gasteiger partial charge in [-0.25, -0.2) is 4.98 Å². The van der Waals surface area contributed by atoms with E-state index in [0.717, 1.165) is 27.9 Å². The van der Waals surface area contributed by atoms with Crippen LogP contribution in [0.2, 0.25) is 0 Å². The lowest BCUT2D eigenvalue weighted by Gasteiger charge is -2.14. The SMILES string of the molecule is Cc1ccc(NC(=O)c2cocn2)c(-c2cc3cn(C4CCCC4)nc3cc2C2CC2)n1. The number of oxazole rings is 1. The van der Waals surface area contributed by atoms with Crippen molar-refractivity contribution in [2.45, 2.75) is 57.4 Å². The Morgan fingerprint density at radius 3 is 2.75 bits per heavy atom. The quantitative estimate of drug-likeness (QED) is 0.445. The highest BCUT2D eigenvalue weighted by molar-refractivity contribution is 6.05. The van der Waals surface area contributed by atoms with E-state index in [1.165, 1.54) is 56.7 Å². The smallest absolute Gasteiger partial charge is 0.277 e. The van der Waals surface area contributed by atoms with Crippen LogP contribution in [0, 0.1) is 6.92 Å². The van der Waals surface area contributed by atoms with Crippen LogP contribution in [0.4, 0.5) is 5.69 Å². The summed E-state index contributed by atoms with van der Waals surface area (Å²) in [5, 5.41) is 9.03. The van der Waals surface area contributed by atoms with Gasteiger partial charge < -0.3 is 9.73 Å². The lowest BCUT2D eigenvalue weighted by atomic mass is 9.97. The third kappa shape index (κ3) is 3.47. The third-order valence-electron chi connectivity index (χ3n) is 6.61. The molecule has 7 heteroatoms. The van der Waals surface area contributed by atoms with Crippen LogP contribution < -0.4 is 5.32 Å². The molecule has 0 spiro atoms. The van der Waals surface area contributed by atoms with Crippen LogP contribution in [0.1, 0.15) is 72.2 Å². The Hall–Kier alpha value is -3.48. The molecule has 162 valence electrons. The van der Waals surface area contributed by atoms with Gasteiger partial charge in [-0.2, -0.15) is 5.10 Å². The van der Waals surface area contributed by atoms with Crippen LogP contribution >= 0.6 is 0 Å². The predicted molar refractivity (Wildman–Crippen MR) is 122 cm³/mol. The summed E-state index contributed by atoms with van der Waals surface area (Å²) in [7, 11) is 0. The molecule has 2 saturated carbocycles. The number of benzene rings is 1. The van der Waals surface area contributed by atoms with Gasteiger partial charge in [0.05, 0.1) is 22.9 Å². The molecule has 4 aromatic rings. The molecular formula is C25H25N5O2. The molecule has 3 aromatic heterocycles. The number of fused-ring (bicyclic) bond motifs is 1. The van der Waals surface area contributed by atoms with Crippen LogP contribution in [0.3, 0.4) is 0 Å². The van der Waals surface area contributed by atoms with Gasteiger partial charge >= 0.3 is 0 Å². The molecule has 6 rings (SSSR count). The van der Waals surface area contributed by atoms with Crippen molar-refractivity contribution in [2.24, 2.45) is 0 Å². The first kappa shape index (κ1) is 19.2. The highest BCUT2D eigenvalue weighted by Gasteiger charge is 2.29. The highest BCUT2D eigenvalue weighted by atomic mass is 16.3. The standard InChI is InChI=1S/C25H25N5O2/c1-15-6-9-21(28-25(31)23-13-32-14-26-23)24(27-15)20-10-17-12-30(18-4-2-3-5-18)29-22(17)11-19(20)16-7-8-16/h6,9-14,16,18H,2-5,7-8H2,1H3,(H,28,31). The lowest BCUT2D eigenvalue weighted by Crippen LogP contribution is -2.13. The van der Waals surface area contributed by atoms with Gasteiger partial charge in [-0.05, 0) is 68.4 Å². The summed E-state index contributed by atoms with van der Waals surface area (Å²) in [6.45, 7) is 1.97. The second-order valence-electron chi connectivity index (χ2n) is 9.00. The van der Waals surface area contributed by atoms with Crippen molar-refractivity contribution in [3.63, 3.8) is 0 Å². The zero-order valence-electron chi connectivity index (χ0n) is 18.0. The number of carbonyl (C=O) groups excluding carboxylic acids is 1. The molecule has 7 nitrogen and oxygen atoms in total. The van der Waals surface area contributed by atoms with Crippen LogP contribution in [0.5, 0.6) is 0 Å². The minimum absolute atomic E-state index is 0.243. The lowest BCUT2D eigenvalue weighted by molar-refractivity contribution is 0.102. The van der Waals surface area contributed by atoms with Gasteiger partial charge in [0.1, 0.15) is 6.26 Å². The predicted octanol–water partition coefficient (Wildman–Crippen LogP) is 5.64. The Morgan fingerprint density at radius 2 is 2.00 bits per heavy atom. The maximum Gasteiger partial charge on any atom is 0.277 e. The van der Waals surface area contributed by atoms with Crippen molar-refractivity contribution in [2.75, 3.05) is 5.32 Å². The van der Waals surface area contributed by atoms with Crippen LogP contribution in [0.15, 0.2) is 47.5 Å². The minimum Gasteiger partial charge on any atom is -0.451 e. The topological polar surface area (TPSA) is 85.8 Å². The van der Waals surface area contributed by atoms with E-state index < -0.39 is 0 Å². The average Bonchev–Trinajstić information content (AvgIpc) is 3.20. The minimum atomic E-state index is -0.311. The van der Waals surface area contributed by atoms with E-state index in [1.807, 2.05) is 19.1 Å². The van der Waals surface area contributed by atoms with Crippen LogP contribution in [-0.2, 0) is 0 Å². The maximum atomic E-state index is 12.7. The van der Waals surface area contributed by atoms with E-state index in [1.54, 1.807) is 0 Å². The number of amides is 1. The molecule has 1 amide bonds. The number of hydrogen-bond acceptors (Lipinski definition) is 5. The number of nitrogens with one attached hydrogen (secondary N) is 1. The Balaban J connectivity index is 1.46. The van der Waals surface area contributed by atoms with Crippen molar-refractivity contribution >= 4 is 22.5 Å². The molecule has 32 heavy (non-hydrogen) atoms. The fraction of sp³-hybridized carbons (Fsp3) is 0.360. The molecule has 0 saturated heterocycles. The van der Waals surface area contributed by atoms with Crippen LogP contribution in [-0.4, -0.2) is 25.7 Å². The summed E-state index contributed by atoms with van der Waals surface area (Å²) in [5.41, 5.74) is 6.00. The number of aromatic nitrogens is 4. The van der Waals surface area contributed by atoms with Crippen molar-refractivity contribution in [1.29, 1.82) is 0 Å². The van der Waals surface area contributed by atoms with Gasteiger partial charge in [-0.3, -0.25) is 14.5 Å². The first-order valence-corrected chi connectivity index (χ1v) is 11.4. The van der Waals surface area contributed by atoms with E-state index >= 15 is 0 Å². The Bertz CT molecular complexity index is 1300. The average molecular weight is 428 g/mol.